The Morgan fingerprint density at radius 1 is 1.18 bits per heavy atom. The number of rotatable bonds is 4. The van der Waals surface area contributed by atoms with E-state index in [1.54, 1.807) is 6.20 Å². The van der Waals surface area contributed by atoms with Crippen LogP contribution in [0, 0.1) is 0 Å². The van der Waals surface area contributed by atoms with Crippen molar-refractivity contribution in [2.45, 2.75) is 26.3 Å². The lowest BCUT2D eigenvalue weighted by Gasteiger charge is -2.06. The molecule has 0 bridgehead atoms. The zero-order valence-corrected chi connectivity index (χ0v) is 9.67. The van der Waals surface area contributed by atoms with E-state index in [2.05, 4.69) is 26.9 Å². The quantitative estimate of drug-likeness (QED) is 0.782. The third-order valence-corrected chi connectivity index (χ3v) is 2.30. The highest BCUT2D eigenvalue weighted by molar-refractivity contribution is 5.25. The first-order valence-electron chi connectivity index (χ1n) is 5.45. The van der Waals surface area contributed by atoms with Crippen LogP contribution in [-0.4, -0.2) is 24.5 Å². The smallest absolute Gasteiger partial charge is 0.225 e. The van der Waals surface area contributed by atoms with Gasteiger partial charge in [0.05, 0.1) is 6.54 Å². The summed E-state index contributed by atoms with van der Waals surface area (Å²) in [7, 11) is 0. The van der Waals surface area contributed by atoms with Gasteiger partial charge >= 0.3 is 0 Å². The molecule has 0 unspecified atom stereocenters. The van der Waals surface area contributed by atoms with Crippen LogP contribution in [0.15, 0.2) is 12.4 Å². The van der Waals surface area contributed by atoms with Gasteiger partial charge in [0.25, 0.3) is 0 Å². The van der Waals surface area contributed by atoms with Crippen molar-refractivity contribution >= 4 is 11.9 Å². The maximum atomic E-state index is 5.52. The molecule has 0 aliphatic heterocycles. The number of aryl methyl sites for hydroxylation is 1. The van der Waals surface area contributed by atoms with E-state index < -0.39 is 0 Å². The molecular formula is C10H15N7. The Morgan fingerprint density at radius 3 is 2.53 bits per heavy atom. The van der Waals surface area contributed by atoms with Crippen molar-refractivity contribution in [2.75, 3.05) is 11.5 Å². The van der Waals surface area contributed by atoms with Gasteiger partial charge < -0.3 is 16.0 Å². The summed E-state index contributed by atoms with van der Waals surface area (Å²) in [4.78, 5) is 16.1. The molecule has 2 aromatic heterocycles. The Bertz CT molecular complexity index is 485. The highest BCUT2D eigenvalue weighted by atomic mass is 15.2. The number of aromatic nitrogens is 5. The second-order valence-corrected chi connectivity index (χ2v) is 3.69. The van der Waals surface area contributed by atoms with Crippen LogP contribution < -0.4 is 11.5 Å². The molecule has 0 aliphatic rings. The summed E-state index contributed by atoms with van der Waals surface area (Å²) in [5.41, 5.74) is 11.0. The van der Waals surface area contributed by atoms with Crippen molar-refractivity contribution in [3.8, 4) is 0 Å². The number of anilines is 2. The van der Waals surface area contributed by atoms with Crippen LogP contribution in [0.2, 0.25) is 0 Å². The third kappa shape index (κ3) is 2.68. The zero-order valence-electron chi connectivity index (χ0n) is 9.67. The molecule has 0 saturated heterocycles. The Labute approximate surface area is 98.9 Å². The topological polar surface area (TPSA) is 109 Å². The average Bonchev–Trinajstić information content (AvgIpc) is 2.65. The predicted octanol–water partition coefficient (Wildman–Crippen LogP) is 0.233. The lowest BCUT2D eigenvalue weighted by molar-refractivity contribution is 0.676. The number of nitrogens with zero attached hydrogens (tertiary/aromatic N) is 5. The molecule has 0 aromatic carbocycles. The molecule has 0 radical (unpaired) electrons. The number of hydrogen-bond acceptors (Lipinski definition) is 6. The van der Waals surface area contributed by atoms with Crippen molar-refractivity contribution < 1.29 is 0 Å². The van der Waals surface area contributed by atoms with Gasteiger partial charge in [0.1, 0.15) is 5.82 Å². The van der Waals surface area contributed by atoms with Crippen LogP contribution in [0.3, 0.4) is 0 Å². The maximum Gasteiger partial charge on any atom is 0.225 e. The van der Waals surface area contributed by atoms with Crippen molar-refractivity contribution in [3.05, 3.63) is 24.0 Å². The third-order valence-electron chi connectivity index (χ3n) is 2.30. The normalized spacial score (nSPS) is 10.6. The van der Waals surface area contributed by atoms with Gasteiger partial charge in [-0.05, 0) is 6.42 Å². The van der Waals surface area contributed by atoms with Gasteiger partial charge in [-0.15, -0.1) is 0 Å². The van der Waals surface area contributed by atoms with Crippen LogP contribution >= 0.6 is 0 Å². The molecule has 7 heteroatoms. The van der Waals surface area contributed by atoms with Crippen molar-refractivity contribution in [2.24, 2.45) is 0 Å². The Kier molecular flexibility index (Phi) is 3.17. The van der Waals surface area contributed by atoms with Gasteiger partial charge in [-0.25, -0.2) is 4.98 Å². The molecule has 90 valence electrons. The van der Waals surface area contributed by atoms with E-state index in [0.717, 1.165) is 18.7 Å². The zero-order chi connectivity index (χ0) is 12.3. The second-order valence-electron chi connectivity index (χ2n) is 3.69. The molecule has 2 heterocycles. The number of hydrogen-bond donors (Lipinski definition) is 2. The molecule has 0 aliphatic carbocycles. The van der Waals surface area contributed by atoms with E-state index in [1.165, 1.54) is 0 Å². The summed E-state index contributed by atoms with van der Waals surface area (Å²) in [6.45, 7) is 2.62. The summed E-state index contributed by atoms with van der Waals surface area (Å²) in [6, 6.07) is 0. The van der Waals surface area contributed by atoms with Gasteiger partial charge in [-0.1, -0.05) is 6.92 Å². The molecule has 2 aromatic rings. The van der Waals surface area contributed by atoms with Gasteiger partial charge in [0.2, 0.25) is 11.9 Å². The van der Waals surface area contributed by atoms with Gasteiger partial charge in [-0.2, -0.15) is 15.0 Å². The molecule has 0 amide bonds. The van der Waals surface area contributed by atoms with E-state index in [1.807, 2.05) is 10.8 Å². The summed E-state index contributed by atoms with van der Waals surface area (Å²) >= 11 is 0. The molecule has 17 heavy (non-hydrogen) atoms. The van der Waals surface area contributed by atoms with Crippen LogP contribution in [-0.2, 0) is 13.0 Å². The van der Waals surface area contributed by atoms with Crippen LogP contribution in [0.5, 0.6) is 0 Å². The number of nitrogen functional groups attached to an aromatic ring is 2. The average molecular weight is 233 g/mol. The van der Waals surface area contributed by atoms with Crippen molar-refractivity contribution in [1.82, 2.24) is 24.5 Å². The van der Waals surface area contributed by atoms with Crippen molar-refractivity contribution in [1.29, 1.82) is 0 Å². The van der Waals surface area contributed by atoms with E-state index in [-0.39, 0.29) is 11.9 Å². The van der Waals surface area contributed by atoms with Gasteiger partial charge in [0, 0.05) is 18.8 Å². The van der Waals surface area contributed by atoms with Gasteiger partial charge in [-0.3, -0.25) is 0 Å². The first-order valence-corrected chi connectivity index (χ1v) is 5.45. The largest absolute Gasteiger partial charge is 0.368 e. The van der Waals surface area contributed by atoms with E-state index in [9.17, 15) is 0 Å². The highest BCUT2D eigenvalue weighted by Crippen LogP contribution is 2.06. The Morgan fingerprint density at radius 2 is 1.88 bits per heavy atom. The molecular weight excluding hydrogens is 218 g/mol. The van der Waals surface area contributed by atoms with E-state index in [0.29, 0.717) is 12.4 Å². The van der Waals surface area contributed by atoms with E-state index >= 15 is 0 Å². The lowest BCUT2D eigenvalue weighted by atomic mass is 10.3. The summed E-state index contributed by atoms with van der Waals surface area (Å²) in [6.07, 6.45) is 5.61. The lowest BCUT2D eigenvalue weighted by Crippen LogP contribution is -2.11. The first kappa shape index (κ1) is 11.3. The second kappa shape index (κ2) is 4.77. The monoisotopic (exact) mass is 233 g/mol. The standard InChI is InChI=1S/C10H15N7/c1-2-3-8-13-4-5-17(8)6-7-14-9(11)16-10(12)15-7/h4-5H,2-3,6H2,1H3,(H4,11,12,14,15,16). The molecule has 2 rings (SSSR count). The van der Waals surface area contributed by atoms with E-state index in [4.69, 9.17) is 11.5 Å². The molecule has 0 spiro atoms. The van der Waals surface area contributed by atoms with Crippen LogP contribution in [0.1, 0.15) is 25.0 Å². The number of imidazole rings is 1. The molecule has 0 atom stereocenters. The van der Waals surface area contributed by atoms with Crippen LogP contribution in [0.4, 0.5) is 11.9 Å². The minimum Gasteiger partial charge on any atom is -0.368 e. The summed E-state index contributed by atoms with van der Waals surface area (Å²) in [5.74, 6) is 1.84. The fraction of sp³-hybridized carbons (Fsp3) is 0.400. The molecule has 4 N–H and O–H groups in total. The fourth-order valence-electron chi connectivity index (χ4n) is 1.62. The Balaban J connectivity index is 2.22. The minimum absolute atomic E-state index is 0.143. The van der Waals surface area contributed by atoms with Crippen LogP contribution in [0.25, 0.3) is 0 Å². The summed E-state index contributed by atoms with van der Waals surface area (Å²) < 4.78 is 1.98. The fourth-order valence-corrected chi connectivity index (χ4v) is 1.62. The SMILES string of the molecule is CCCc1nccn1Cc1nc(N)nc(N)n1. The van der Waals surface area contributed by atoms with Gasteiger partial charge in [0.15, 0.2) is 5.82 Å². The molecule has 0 fully saturated rings. The molecule has 7 nitrogen and oxygen atoms in total. The first-order chi connectivity index (χ1) is 8.19. The number of nitrogens with two attached hydrogens (primary N) is 2. The predicted molar refractivity (Wildman–Crippen MR) is 64.0 cm³/mol. The molecule has 0 saturated carbocycles. The maximum absolute atomic E-state index is 5.52. The highest BCUT2D eigenvalue weighted by Gasteiger charge is 2.06. The Hall–Kier alpha value is -2.18. The summed E-state index contributed by atoms with van der Waals surface area (Å²) in [5, 5.41) is 0. The van der Waals surface area contributed by atoms with Crippen molar-refractivity contribution in [3.63, 3.8) is 0 Å². The minimum atomic E-state index is 0.143.